The number of sulfonamides is 1. The van der Waals surface area contributed by atoms with Gasteiger partial charge in [0, 0.05) is 19.7 Å². The summed E-state index contributed by atoms with van der Waals surface area (Å²) in [4.78, 5) is 10.7. The number of benzene rings is 1. The molecule has 1 aromatic carbocycles. The molecule has 1 heterocycles. The molecule has 0 amide bonds. The van der Waals surface area contributed by atoms with E-state index < -0.39 is 27.4 Å². The lowest BCUT2D eigenvalue weighted by atomic mass is 10.00. The Bertz CT molecular complexity index is 638. The van der Waals surface area contributed by atoms with Crippen LogP contribution >= 0.6 is 0 Å². The van der Waals surface area contributed by atoms with Crippen LogP contribution in [0.5, 0.6) is 0 Å². The van der Waals surface area contributed by atoms with Crippen LogP contribution in [-0.2, 0) is 10.0 Å². The highest BCUT2D eigenvalue weighted by molar-refractivity contribution is 7.89. The van der Waals surface area contributed by atoms with Crippen LogP contribution in [0.1, 0.15) is 23.2 Å². The van der Waals surface area contributed by atoms with Crippen molar-refractivity contribution in [2.45, 2.75) is 17.7 Å². The van der Waals surface area contributed by atoms with Gasteiger partial charge in [-0.1, -0.05) is 0 Å². The number of hydrogen-bond donors (Lipinski definition) is 2. The number of aliphatic hydroxyl groups excluding tert-OH is 1. The molecule has 2 rings (SSSR count). The van der Waals surface area contributed by atoms with Crippen molar-refractivity contribution in [3.8, 4) is 0 Å². The Hall–Kier alpha value is -1.51. The maximum Gasteiger partial charge on any atom is 0.338 e. The van der Waals surface area contributed by atoms with Gasteiger partial charge in [0.15, 0.2) is 0 Å². The van der Waals surface area contributed by atoms with Crippen LogP contribution < -0.4 is 0 Å². The Balaban J connectivity index is 2.28. The molecule has 0 saturated carbocycles. The fraction of sp³-hybridized carbons (Fsp3) is 0.462. The van der Waals surface area contributed by atoms with E-state index in [-0.39, 0.29) is 30.5 Å². The highest BCUT2D eigenvalue weighted by Gasteiger charge is 2.30. The SMILES string of the molecule is O=C(O)c1cc(S(=O)(=O)N2CCC(CO)CC2)ccc1F. The number of halogens is 1. The molecule has 1 aliphatic heterocycles. The largest absolute Gasteiger partial charge is 0.478 e. The van der Waals surface area contributed by atoms with Crippen LogP contribution in [0.15, 0.2) is 23.1 Å². The second-order valence-electron chi connectivity index (χ2n) is 4.98. The summed E-state index contributed by atoms with van der Waals surface area (Å²) in [7, 11) is -3.84. The zero-order chi connectivity index (χ0) is 15.6. The van der Waals surface area contributed by atoms with Crippen LogP contribution in [0.3, 0.4) is 0 Å². The van der Waals surface area contributed by atoms with Crippen molar-refractivity contribution in [1.29, 1.82) is 0 Å². The molecule has 1 fully saturated rings. The summed E-state index contributed by atoms with van der Waals surface area (Å²) >= 11 is 0. The number of carboxylic acid groups (broad SMARTS) is 1. The molecule has 0 bridgehead atoms. The normalized spacial score (nSPS) is 17.8. The summed E-state index contributed by atoms with van der Waals surface area (Å²) in [5.74, 6) is -2.40. The van der Waals surface area contributed by atoms with Crippen LogP contribution in [0.4, 0.5) is 4.39 Å². The number of carbonyl (C=O) groups is 1. The molecule has 1 saturated heterocycles. The highest BCUT2D eigenvalue weighted by Crippen LogP contribution is 2.24. The fourth-order valence-corrected chi connectivity index (χ4v) is 3.81. The molecule has 2 N–H and O–H groups in total. The van der Waals surface area contributed by atoms with Crippen molar-refractivity contribution >= 4 is 16.0 Å². The lowest BCUT2D eigenvalue weighted by Gasteiger charge is -2.30. The zero-order valence-corrected chi connectivity index (χ0v) is 12.0. The molecule has 0 radical (unpaired) electrons. The standard InChI is InChI=1S/C13H16FNO5S/c14-12-2-1-10(7-11(12)13(17)18)21(19,20)15-5-3-9(8-16)4-6-15/h1-2,7,9,16H,3-6,8H2,(H,17,18). The first-order chi connectivity index (χ1) is 9.86. The summed E-state index contributed by atoms with van der Waals surface area (Å²) in [5.41, 5.74) is -0.665. The Labute approximate surface area is 121 Å². The second-order valence-corrected chi connectivity index (χ2v) is 6.91. The van der Waals surface area contributed by atoms with E-state index in [1.54, 1.807) is 0 Å². The van der Waals surface area contributed by atoms with Gasteiger partial charge < -0.3 is 10.2 Å². The minimum atomic E-state index is -3.84. The fourth-order valence-electron chi connectivity index (χ4n) is 2.31. The average Bonchev–Trinajstić information content (AvgIpc) is 2.47. The Morgan fingerprint density at radius 1 is 1.33 bits per heavy atom. The van der Waals surface area contributed by atoms with Gasteiger partial charge in [-0.25, -0.2) is 17.6 Å². The summed E-state index contributed by atoms with van der Waals surface area (Å²) in [6, 6.07) is 2.75. The van der Waals surface area contributed by atoms with E-state index in [1.165, 1.54) is 4.31 Å². The van der Waals surface area contributed by atoms with E-state index in [4.69, 9.17) is 10.2 Å². The smallest absolute Gasteiger partial charge is 0.338 e. The number of carboxylic acids is 1. The molecule has 0 aliphatic carbocycles. The highest BCUT2D eigenvalue weighted by atomic mass is 32.2. The Morgan fingerprint density at radius 3 is 2.48 bits per heavy atom. The maximum absolute atomic E-state index is 13.3. The first-order valence-electron chi connectivity index (χ1n) is 6.50. The molecule has 0 aromatic heterocycles. The molecule has 1 aromatic rings. The van der Waals surface area contributed by atoms with Gasteiger partial charge in [-0.2, -0.15) is 4.31 Å². The van der Waals surface area contributed by atoms with E-state index in [9.17, 15) is 17.6 Å². The van der Waals surface area contributed by atoms with Crippen LogP contribution in [-0.4, -0.2) is 48.6 Å². The molecular weight excluding hydrogens is 301 g/mol. The molecule has 6 nitrogen and oxygen atoms in total. The third-order valence-electron chi connectivity index (χ3n) is 3.64. The minimum Gasteiger partial charge on any atom is -0.478 e. The van der Waals surface area contributed by atoms with Gasteiger partial charge in [0.25, 0.3) is 0 Å². The number of rotatable bonds is 4. The summed E-state index contributed by atoms with van der Waals surface area (Å²) in [6.07, 6.45) is 1.09. The topological polar surface area (TPSA) is 94.9 Å². The van der Waals surface area contributed by atoms with Crippen molar-refractivity contribution in [1.82, 2.24) is 4.31 Å². The second kappa shape index (κ2) is 6.08. The first kappa shape index (κ1) is 15.9. The summed E-state index contributed by atoms with van der Waals surface area (Å²) in [5, 5.41) is 17.9. The molecule has 0 unspecified atom stereocenters. The van der Waals surface area contributed by atoms with E-state index in [0.29, 0.717) is 12.8 Å². The van der Waals surface area contributed by atoms with Gasteiger partial charge in [0.1, 0.15) is 5.82 Å². The first-order valence-corrected chi connectivity index (χ1v) is 7.94. The molecule has 21 heavy (non-hydrogen) atoms. The van der Waals surface area contributed by atoms with Gasteiger partial charge in [-0.3, -0.25) is 0 Å². The molecule has 116 valence electrons. The number of piperidine rings is 1. The minimum absolute atomic E-state index is 0.0214. The maximum atomic E-state index is 13.3. The van der Waals surface area contributed by atoms with Crippen LogP contribution in [0, 0.1) is 11.7 Å². The van der Waals surface area contributed by atoms with Crippen molar-refractivity contribution in [3.05, 3.63) is 29.6 Å². The molecule has 1 aliphatic rings. The quantitative estimate of drug-likeness (QED) is 0.861. The van der Waals surface area contributed by atoms with Crippen molar-refractivity contribution in [3.63, 3.8) is 0 Å². The predicted octanol–water partition coefficient (Wildman–Crippen LogP) is 0.917. The predicted molar refractivity (Wildman–Crippen MR) is 71.9 cm³/mol. The third kappa shape index (κ3) is 3.22. The zero-order valence-electron chi connectivity index (χ0n) is 11.2. The Morgan fingerprint density at radius 2 is 1.95 bits per heavy atom. The van der Waals surface area contributed by atoms with Crippen LogP contribution in [0.25, 0.3) is 0 Å². The number of hydrogen-bond acceptors (Lipinski definition) is 4. The van der Waals surface area contributed by atoms with E-state index in [0.717, 1.165) is 18.2 Å². The molecular formula is C13H16FNO5S. The van der Waals surface area contributed by atoms with E-state index in [1.807, 2.05) is 0 Å². The van der Waals surface area contributed by atoms with Gasteiger partial charge in [0.2, 0.25) is 10.0 Å². The van der Waals surface area contributed by atoms with Gasteiger partial charge >= 0.3 is 5.97 Å². The van der Waals surface area contributed by atoms with Crippen molar-refractivity contribution in [2.75, 3.05) is 19.7 Å². The number of aromatic carboxylic acids is 1. The number of aliphatic hydroxyl groups is 1. The molecule has 0 spiro atoms. The van der Waals surface area contributed by atoms with E-state index >= 15 is 0 Å². The lowest BCUT2D eigenvalue weighted by Crippen LogP contribution is -2.39. The monoisotopic (exact) mass is 317 g/mol. The summed E-state index contributed by atoms with van der Waals surface area (Å²) < 4.78 is 39.4. The Kier molecular flexibility index (Phi) is 4.60. The van der Waals surface area contributed by atoms with Crippen LogP contribution in [0.2, 0.25) is 0 Å². The van der Waals surface area contributed by atoms with Crippen molar-refractivity contribution < 1.29 is 27.8 Å². The van der Waals surface area contributed by atoms with Crippen molar-refractivity contribution in [2.24, 2.45) is 5.92 Å². The van der Waals surface area contributed by atoms with Gasteiger partial charge in [-0.15, -0.1) is 0 Å². The lowest BCUT2D eigenvalue weighted by molar-refractivity contribution is 0.0691. The third-order valence-corrected chi connectivity index (χ3v) is 5.53. The van der Waals surface area contributed by atoms with E-state index in [2.05, 4.69) is 0 Å². The number of nitrogens with zero attached hydrogens (tertiary/aromatic N) is 1. The molecule has 8 heteroatoms. The van der Waals surface area contributed by atoms with Gasteiger partial charge in [0.05, 0.1) is 10.5 Å². The molecule has 0 atom stereocenters. The average molecular weight is 317 g/mol. The summed E-state index contributed by atoms with van der Waals surface area (Å²) in [6.45, 7) is 0.536. The van der Waals surface area contributed by atoms with Gasteiger partial charge in [-0.05, 0) is 37.0 Å².